The van der Waals surface area contributed by atoms with Gasteiger partial charge < -0.3 is 4.90 Å². The summed E-state index contributed by atoms with van der Waals surface area (Å²) < 4.78 is 0. The molecule has 0 radical (unpaired) electrons. The fraction of sp³-hybridized carbons (Fsp3) is 0.238. The lowest BCUT2D eigenvalue weighted by molar-refractivity contribution is 0.621. The Hall–Kier alpha value is -2.28. The average molecular weight is 287 g/mol. The second-order valence-corrected chi connectivity index (χ2v) is 6.82. The first kappa shape index (κ1) is 13.4. The highest BCUT2D eigenvalue weighted by molar-refractivity contribution is 5.66. The van der Waals surface area contributed by atoms with Crippen LogP contribution in [0.2, 0.25) is 0 Å². The lowest BCUT2D eigenvalue weighted by atomic mass is 9.88. The van der Waals surface area contributed by atoms with E-state index in [2.05, 4.69) is 97.7 Å². The third-order valence-electron chi connectivity index (χ3n) is 4.72. The van der Waals surface area contributed by atoms with E-state index in [-0.39, 0.29) is 5.41 Å². The minimum atomic E-state index is 0.108. The molecule has 1 aromatic carbocycles. The molecule has 2 atom stereocenters. The Morgan fingerprint density at radius 2 is 1.64 bits per heavy atom. The molecule has 1 aromatic rings. The predicted octanol–water partition coefficient (Wildman–Crippen LogP) is 5.02. The van der Waals surface area contributed by atoms with Gasteiger partial charge in [0.25, 0.3) is 0 Å². The van der Waals surface area contributed by atoms with Crippen molar-refractivity contribution in [1.29, 1.82) is 0 Å². The van der Waals surface area contributed by atoms with Crippen LogP contribution < -0.4 is 4.90 Å². The number of hydrogen-bond acceptors (Lipinski definition) is 1. The minimum Gasteiger partial charge on any atom is -0.333 e. The van der Waals surface area contributed by atoms with E-state index < -0.39 is 0 Å². The van der Waals surface area contributed by atoms with Gasteiger partial charge in [0.2, 0.25) is 0 Å². The van der Waals surface area contributed by atoms with Crippen LogP contribution in [-0.2, 0) is 0 Å². The highest BCUT2D eigenvalue weighted by Gasteiger charge is 2.38. The topological polar surface area (TPSA) is 3.24 Å². The van der Waals surface area contributed by atoms with E-state index in [0.29, 0.717) is 12.0 Å². The van der Waals surface area contributed by atoms with Crippen molar-refractivity contribution in [2.45, 2.75) is 19.9 Å². The van der Waals surface area contributed by atoms with Gasteiger partial charge in [-0.3, -0.25) is 0 Å². The molecule has 22 heavy (non-hydrogen) atoms. The molecule has 2 aliphatic carbocycles. The van der Waals surface area contributed by atoms with Crippen molar-refractivity contribution in [1.82, 2.24) is 0 Å². The Kier molecular flexibility index (Phi) is 2.97. The summed E-state index contributed by atoms with van der Waals surface area (Å²) in [5, 5.41) is 0. The third kappa shape index (κ3) is 2.09. The van der Waals surface area contributed by atoms with Crippen molar-refractivity contribution in [3.63, 3.8) is 0 Å². The van der Waals surface area contributed by atoms with Crippen LogP contribution in [0.4, 0.5) is 5.69 Å². The maximum absolute atomic E-state index is 2.47. The second kappa shape index (κ2) is 4.88. The molecule has 0 saturated heterocycles. The summed E-state index contributed by atoms with van der Waals surface area (Å²) >= 11 is 0. The fourth-order valence-corrected chi connectivity index (χ4v) is 3.53. The SMILES string of the molecule is CC1(C)C=CC2=C(C=C1)N(c1ccccc1)C1C=CC=CC21. The number of allylic oxidation sites excluding steroid dienone is 6. The average Bonchev–Trinajstić information content (AvgIpc) is 2.76. The van der Waals surface area contributed by atoms with Crippen LogP contribution in [0.3, 0.4) is 0 Å². The first-order chi connectivity index (χ1) is 10.7. The Morgan fingerprint density at radius 3 is 2.45 bits per heavy atom. The summed E-state index contributed by atoms with van der Waals surface area (Å²) in [6, 6.07) is 11.1. The molecule has 1 aliphatic heterocycles. The number of para-hydroxylation sites is 1. The van der Waals surface area contributed by atoms with Crippen molar-refractivity contribution in [3.8, 4) is 0 Å². The molecule has 4 rings (SSSR count). The molecule has 0 bridgehead atoms. The summed E-state index contributed by atoms with van der Waals surface area (Å²) in [7, 11) is 0. The summed E-state index contributed by atoms with van der Waals surface area (Å²) in [4.78, 5) is 2.47. The number of fused-ring (bicyclic) bond motifs is 2. The lowest BCUT2D eigenvalue weighted by Gasteiger charge is -2.30. The number of hydrogen-bond donors (Lipinski definition) is 0. The van der Waals surface area contributed by atoms with Crippen molar-refractivity contribution in [3.05, 3.63) is 90.2 Å². The summed E-state index contributed by atoms with van der Waals surface area (Å²) in [5.74, 6) is 0.440. The zero-order valence-electron chi connectivity index (χ0n) is 13.1. The van der Waals surface area contributed by atoms with E-state index in [0.717, 1.165) is 0 Å². The van der Waals surface area contributed by atoms with Crippen LogP contribution in [0.25, 0.3) is 0 Å². The highest BCUT2D eigenvalue weighted by Crippen LogP contribution is 2.43. The maximum atomic E-state index is 2.47. The molecule has 0 fully saturated rings. The Labute approximate surface area is 132 Å². The van der Waals surface area contributed by atoms with Crippen LogP contribution in [0.5, 0.6) is 0 Å². The Bertz CT molecular complexity index is 728. The van der Waals surface area contributed by atoms with E-state index in [4.69, 9.17) is 0 Å². The monoisotopic (exact) mass is 287 g/mol. The zero-order valence-corrected chi connectivity index (χ0v) is 13.1. The highest BCUT2D eigenvalue weighted by atomic mass is 15.2. The van der Waals surface area contributed by atoms with Gasteiger partial charge in [-0.15, -0.1) is 0 Å². The van der Waals surface area contributed by atoms with E-state index in [9.17, 15) is 0 Å². The van der Waals surface area contributed by atoms with Gasteiger partial charge in [0.1, 0.15) is 0 Å². The number of anilines is 1. The normalized spacial score (nSPS) is 27.8. The molecular formula is C21H21N. The van der Waals surface area contributed by atoms with Gasteiger partial charge in [0, 0.05) is 22.7 Å². The fourth-order valence-electron chi connectivity index (χ4n) is 3.53. The largest absolute Gasteiger partial charge is 0.333 e. The first-order valence-corrected chi connectivity index (χ1v) is 7.98. The van der Waals surface area contributed by atoms with E-state index >= 15 is 0 Å². The molecule has 3 aliphatic rings. The van der Waals surface area contributed by atoms with Crippen molar-refractivity contribution < 1.29 is 0 Å². The van der Waals surface area contributed by atoms with Crippen molar-refractivity contribution in [2.75, 3.05) is 4.90 Å². The lowest BCUT2D eigenvalue weighted by Crippen LogP contribution is -2.32. The van der Waals surface area contributed by atoms with E-state index in [1.807, 2.05) is 0 Å². The van der Waals surface area contributed by atoms with Gasteiger partial charge in [-0.25, -0.2) is 0 Å². The molecule has 0 saturated carbocycles. The Balaban J connectivity index is 1.87. The molecule has 1 heterocycles. The van der Waals surface area contributed by atoms with Crippen LogP contribution in [0.15, 0.2) is 90.2 Å². The van der Waals surface area contributed by atoms with Gasteiger partial charge in [0.15, 0.2) is 0 Å². The number of benzene rings is 1. The van der Waals surface area contributed by atoms with Crippen LogP contribution >= 0.6 is 0 Å². The van der Waals surface area contributed by atoms with E-state index in [1.165, 1.54) is 17.0 Å². The first-order valence-electron chi connectivity index (χ1n) is 7.98. The van der Waals surface area contributed by atoms with Gasteiger partial charge >= 0.3 is 0 Å². The molecular weight excluding hydrogens is 266 g/mol. The van der Waals surface area contributed by atoms with Crippen molar-refractivity contribution >= 4 is 5.69 Å². The number of nitrogens with zero attached hydrogens (tertiary/aromatic N) is 1. The second-order valence-electron chi connectivity index (χ2n) is 6.82. The molecule has 0 amide bonds. The van der Waals surface area contributed by atoms with Gasteiger partial charge in [-0.05, 0) is 23.8 Å². The van der Waals surface area contributed by atoms with Gasteiger partial charge in [-0.1, -0.05) is 74.6 Å². The van der Waals surface area contributed by atoms with Crippen molar-refractivity contribution in [2.24, 2.45) is 11.3 Å². The molecule has 110 valence electrons. The third-order valence-corrected chi connectivity index (χ3v) is 4.72. The zero-order chi connectivity index (χ0) is 15.2. The molecule has 0 spiro atoms. The summed E-state index contributed by atoms with van der Waals surface area (Å²) in [5.41, 5.74) is 4.13. The number of rotatable bonds is 1. The Morgan fingerprint density at radius 1 is 0.909 bits per heavy atom. The predicted molar refractivity (Wildman–Crippen MR) is 93.6 cm³/mol. The van der Waals surface area contributed by atoms with Crippen LogP contribution in [0.1, 0.15) is 13.8 Å². The standard InChI is InChI=1S/C21H21N/c1-21(2)14-12-18-17-10-6-7-11-19(17)22(20(18)13-15-21)16-8-4-3-5-9-16/h3-15,17,19H,1-2H3. The van der Waals surface area contributed by atoms with Gasteiger partial charge in [-0.2, -0.15) is 0 Å². The summed E-state index contributed by atoms with van der Waals surface area (Å²) in [6.07, 6.45) is 18.3. The van der Waals surface area contributed by atoms with Crippen LogP contribution in [0, 0.1) is 11.3 Å². The molecule has 1 nitrogen and oxygen atoms in total. The van der Waals surface area contributed by atoms with E-state index in [1.54, 1.807) is 0 Å². The summed E-state index contributed by atoms with van der Waals surface area (Å²) in [6.45, 7) is 4.51. The molecule has 2 unspecified atom stereocenters. The van der Waals surface area contributed by atoms with Crippen LogP contribution in [-0.4, -0.2) is 6.04 Å². The quantitative estimate of drug-likeness (QED) is 0.700. The molecule has 0 N–H and O–H groups in total. The molecule has 0 aromatic heterocycles. The molecule has 1 heteroatoms. The van der Waals surface area contributed by atoms with Gasteiger partial charge in [0.05, 0.1) is 6.04 Å². The maximum Gasteiger partial charge on any atom is 0.0629 e. The minimum absolute atomic E-state index is 0.108. The smallest absolute Gasteiger partial charge is 0.0629 e.